The van der Waals surface area contributed by atoms with Crippen LogP contribution in [0.25, 0.3) is 5.69 Å². The van der Waals surface area contributed by atoms with E-state index in [-0.39, 0.29) is 9.92 Å². The molecule has 0 unspecified atom stereocenters. The van der Waals surface area contributed by atoms with E-state index in [1.165, 1.54) is 4.68 Å². The number of ether oxygens (including phenoxy) is 1. The molecule has 2 aromatic carbocycles. The van der Waals surface area contributed by atoms with Crippen LogP contribution in [0.15, 0.2) is 58.5 Å². The van der Waals surface area contributed by atoms with E-state index >= 15 is 0 Å². The minimum atomic E-state index is -3.73. The van der Waals surface area contributed by atoms with Crippen LogP contribution in [0.1, 0.15) is 18.2 Å². The highest BCUT2D eigenvalue weighted by Crippen LogP contribution is 2.27. The van der Waals surface area contributed by atoms with Gasteiger partial charge in [-0.3, -0.25) is 0 Å². The Labute approximate surface area is 147 Å². The van der Waals surface area contributed by atoms with Gasteiger partial charge in [0, 0.05) is 0 Å². The quantitative estimate of drug-likeness (QED) is 0.701. The predicted molar refractivity (Wildman–Crippen MR) is 93.9 cm³/mol. The Bertz CT molecular complexity index is 993. The van der Waals surface area contributed by atoms with Gasteiger partial charge in [0.25, 0.3) is 0 Å². The molecule has 0 aliphatic heterocycles. The molecule has 0 saturated heterocycles. The third-order valence-corrected chi connectivity index (χ3v) is 5.61. The summed E-state index contributed by atoms with van der Waals surface area (Å²) < 4.78 is 32.8. The molecule has 0 bridgehead atoms. The minimum absolute atomic E-state index is 0.0531. The highest BCUT2D eigenvalue weighted by Gasteiger charge is 2.26. The smallest absolute Gasteiger partial charge is 0.227 e. The molecule has 0 N–H and O–H groups in total. The number of benzene rings is 2. The monoisotopic (exact) mass is 357 g/mol. The maximum absolute atomic E-state index is 12.9. The summed E-state index contributed by atoms with van der Waals surface area (Å²) in [7, 11) is -3.73. The van der Waals surface area contributed by atoms with Gasteiger partial charge in [-0.2, -0.15) is 0 Å². The van der Waals surface area contributed by atoms with Crippen LogP contribution in [0.4, 0.5) is 0 Å². The number of aryl methyl sites for hydroxylation is 1. The van der Waals surface area contributed by atoms with E-state index in [0.29, 0.717) is 23.7 Å². The molecule has 1 heterocycles. The van der Waals surface area contributed by atoms with Crippen molar-refractivity contribution in [1.29, 1.82) is 0 Å². The number of sulfone groups is 1. The standard InChI is InChI=1S/C18H19N3O3S/c1-4-24-17-8-6-5-7-16(17)21-14(3)18(19-20-21)25(22,23)15-11-9-13(2)10-12-15/h5-12H,4H2,1-3H3. The van der Waals surface area contributed by atoms with Gasteiger partial charge in [-0.15, -0.1) is 5.10 Å². The summed E-state index contributed by atoms with van der Waals surface area (Å²) >= 11 is 0. The second kappa shape index (κ2) is 6.68. The summed E-state index contributed by atoms with van der Waals surface area (Å²) in [5, 5.41) is 7.93. The fraction of sp³-hybridized carbons (Fsp3) is 0.222. The molecule has 0 saturated carbocycles. The molecule has 6 nitrogen and oxygen atoms in total. The first kappa shape index (κ1) is 17.2. The highest BCUT2D eigenvalue weighted by molar-refractivity contribution is 7.91. The first-order valence-corrected chi connectivity index (χ1v) is 9.39. The van der Waals surface area contributed by atoms with Crippen molar-refractivity contribution in [1.82, 2.24) is 15.0 Å². The van der Waals surface area contributed by atoms with Crippen molar-refractivity contribution in [2.24, 2.45) is 0 Å². The van der Waals surface area contributed by atoms with Crippen molar-refractivity contribution in [3.63, 3.8) is 0 Å². The molecule has 0 radical (unpaired) electrons. The van der Waals surface area contributed by atoms with Crippen LogP contribution in [0.2, 0.25) is 0 Å². The van der Waals surface area contributed by atoms with Crippen LogP contribution in [0, 0.1) is 13.8 Å². The largest absolute Gasteiger partial charge is 0.492 e. The molecule has 0 aliphatic rings. The molecule has 25 heavy (non-hydrogen) atoms. The summed E-state index contributed by atoms with van der Waals surface area (Å²) in [4.78, 5) is 0.200. The molecule has 3 rings (SSSR count). The van der Waals surface area contributed by atoms with Crippen LogP contribution in [0.5, 0.6) is 5.75 Å². The third kappa shape index (κ3) is 3.15. The fourth-order valence-corrected chi connectivity index (χ4v) is 3.87. The molecule has 0 amide bonds. The van der Waals surface area contributed by atoms with Crippen molar-refractivity contribution in [3.8, 4) is 11.4 Å². The molecule has 0 aliphatic carbocycles. The normalized spacial score (nSPS) is 11.5. The van der Waals surface area contributed by atoms with E-state index in [9.17, 15) is 8.42 Å². The second-order valence-corrected chi connectivity index (χ2v) is 7.47. The Morgan fingerprint density at radius 3 is 2.40 bits per heavy atom. The Kier molecular flexibility index (Phi) is 4.59. The number of hydrogen-bond acceptors (Lipinski definition) is 5. The summed E-state index contributed by atoms with van der Waals surface area (Å²) in [6, 6.07) is 14.0. The van der Waals surface area contributed by atoms with Gasteiger partial charge < -0.3 is 4.74 Å². The Hall–Kier alpha value is -2.67. The topological polar surface area (TPSA) is 74.1 Å². The molecule has 3 aromatic rings. The maximum atomic E-state index is 12.9. The minimum Gasteiger partial charge on any atom is -0.492 e. The average molecular weight is 357 g/mol. The van der Waals surface area contributed by atoms with Gasteiger partial charge in [-0.25, -0.2) is 13.1 Å². The van der Waals surface area contributed by atoms with Crippen LogP contribution in [-0.4, -0.2) is 30.0 Å². The number of rotatable bonds is 5. The zero-order chi connectivity index (χ0) is 18.0. The van der Waals surface area contributed by atoms with Crippen LogP contribution in [0.3, 0.4) is 0 Å². The Morgan fingerprint density at radius 1 is 1.04 bits per heavy atom. The summed E-state index contributed by atoms with van der Waals surface area (Å²) in [5.41, 5.74) is 2.08. The van der Waals surface area contributed by atoms with E-state index in [4.69, 9.17) is 4.74 Å². The Balaban J connectivity index is 2.09. The van der Waals surface area contributed by atoms with Gasteiger partial charge >= 0.3 is 0 Å². The van der Waals surface area contributed by atoms with Gasteiger partial charge in [-0.05, 0) is 45.0 Å². The van der Waals surface area contributed by atoms with E-state index in [0.717, 1.165) is 5.56 Å². The van der Waals surface area contributed by atoms with Crippen molar-refractivity contribution < 1.29 is 13.2 Å². The van der Waals surface area contributed by atoms with Gasteiger partial charge in [0.15, 0.2) is 0 Å². The van der Waals surface area contributed by atoms with Gasteiger partial charge in [0.1, 0.15) is 11.4 Å². The molecule has 0 atom stereocenters. The first-order valence-electron chi connectivity index (χ1n) is 7.91. The highest BCUT2D eigenvalue weighted by atomic mass is 32.2. The number of nitrogens with zero attached hydrogens (tertiary/aromatic N) is 3. The summed E-state index contributed by atoms with van der Waals surface area (Å²) in [6.07, 6.45) is 0. The molecular weight excluding hydrogens is 338 g/mol. The van der Waals surface area contributed by atoms with Gasteiger partial charge in [0.2, 0.25) is 14.9 Å². The lowest BCUT2D eigenvalue weighted by molar-refractivity contribution is 0.338. The second-order valence-electron chi connectivity index (χ2n) is 5.61. The summed E-state index contributed by atoms with van der Waals surface area (Å²) in [6.45, 7) is 5.98. The SMILES string of the molecule is CCOc1ccccc1-n1nnc(S(=O)(=O)c2ccc(C)cc2)c1C. The zero-order valence-electron chi connectivity index (χ0n) is 14.3. The molecule has 0 fully saturated rings. The van der Waals surface area contributed by atoms with Crippen LogP contribution >= 0.6 is 0 Å². The molecule has 7 heteroatoms. The molecular formula is C18H19N3O3S. The number of para-hydroxylation sites is 2. The van der Waals surface area contributed by atoms with Crippen molar-refractivity contribution in [2.75, 3.05) is 6.61 Å². The first-order chi connectivity index (χ1) is 11.9. The number of hydrogen-bond donors (Lipinski definition) is 0. The van der Waals surface area contributed by atoms with Crippen molar-refractivity contribution in [2.45, 2.75) is 30.7 Å². The lowest BCUT2D eigenvalue weighted by Crippen LogP contribution is -2.06. The summed E-state index contributed by atoms with van der Waals surface area (Å²) in [5.74, 6) is 0.622. The third-order valence-electron chi connectivity index (χ3n) is 3.83. The van der Waals surface area contributed by atoms with Crippen molar-refractivity contribution >= 4 is 9.84 Å². The molecule has 130 valence electrons. The Morgan fingerprint density at radius 2 is 1.72 bits per heavy atom. The maximum Gasteiger partial charge on any atom is 0.227 e. The molecule has 1 aromatic heterocycles. The predicted octanol–water partition coefficient (Wildman–Crippen LogP) is 3.12. The van der Waals surface area contributed by atoms with Gasteiger partial charge in [0.05, 0.1) is 17.2 Å². The lowest BCUT2D eigenvalue weighted by atomic mass is 10.2. The van der Waals surface area contributed by atoms with Crippen molar-refractivity contribution in [3.05, 3.63) is 59.8 Å². The van der Waals surface area contributed by atoms with Gasteiger partial charge in [-0.1, -0.05) is 35.0 Å². The van der Waals surface area contributed by atoms with E-state index in [2.05, 4.69) is 10.3 Å². The average Bonchev–Trinajstić information content (AvgIpc) is 2.98. The number of aromatic nitrogens is 3. The van der Waals surface area contributed by atoms with E-state index < -0.39 is 9.84 Å². The zero-order valence-corrected chi connectivity index (χ0v) is 15.1. The fourth-order valence-electron chi connectivity index (χ4n) is 2.53. The molecule has 0 spiro atoms. The van der Waals surface area contributed by atoms with Crippen LogP contribution < -0.4 is 4.74 Å². The van der Waals surface area contributed by atoms with E-state index in [1.54, 1.807) is 31.2 Å². The lowest BCUT2D eigenvalue weighted by Gasteiger charge is -2.10. The van der Waals surface area contributed by atoms with Crippen LogP contribution in [-0.2, 0) is 9.84 Å². The van der Waals surface area contributed by atoms with E-state index in [1.807, 2.05) is 38.1 Å².